The van der Waals surface area contributed by atoms with Gasteiger partial charge in [0.05, 0.1) is 5.54 Å². The molecule has 0 saturated carbocycles. The number of Topliss-reactive ketones (excluding diaryl/α,β-unsaturated/α-hetero) is 1. The molecule has 0 aliphatic carbocycles. The smallest absolute Gasteiger partial charge is 0.309 e. The fourth-order valence-corrected chi connectivity index (χ4v) is 3.70. The van der Waals surface area contributed by atoms with Crippen molar-refractivity contribution in [1.82, 2.24) is 25.1 Å². The van der Waals surface area contributed by atoms with Crippen LogP contribution in [0.5, 0.6) is 5.75 Å². The Morgan fingerprint density at radius 3 is 2.44 bits per heavy atom. The van der Waals surface area contributed by atoms with Crippen LogP contribution in [0.2, 0.25) is 0 Å². The molecule has 12 nitrogen and oxygen atoms in total. The molecule has 1 N–H and O–H groups in total. The van der Waals surface area contributed by atoms with Crippen LogP contribution in [0.15, 0.2) is 33.5 Å². The highest BCUT2D eigenvalue weighted by atomic mass is 19.1. The molecule has 0 bridgehead atoms. The van der Waals surface area contributed by atoms with E-state index in [4.69, 9.17) is 13.9 Å². The van der Waals surface area contributed by atoms with Gasteiger partial charge in [-0.25, -0.2) is 9.37 Å². The Labute approximate surface area is 223 Å². The molecule has 0 radical (unpaired) electrons. The zero-order valence-electron chi connectivity index (χ0n) is 22.5. The summed E-state index contributed by atoms with van der Waals surface area (Å²) >= 11 is 0. The van der Waals surface area contributed by atoms with Gasteiger partial charge >= 0.3 is 17.8 Å². The maximum absolute atomic E-state index is 13.4. The Hall–Kier alpha value is -4.42. The lowest BCUT2D eigenvalue weighted by molar-refractivity contribution is -0.161. The number of aromatic nitrogens is 4. The highest BCUT2D eigenvalue weighted by molar-refractivity contribution is 5.97. The van der Waals surface area contributed by atoms with E-state index in [9.17, 15) is 23.6 Å². The molecule has 0 aliphatic heterocycles. The standard InChI is InChI=1S/C26H30FN5O7/c1-7-19(34)38-15(3)39-21-20(18(33)13-10-16-8-11-17(27)12-9-16)28-25(32(6)24(21)36)26(4,5)29-22(35)23-31-30-14(2)37-23/h8-9,11-12,15H,7,10,13H2,1-6H3,(H,29,35). The van der Waals surface area contributed by atoms with Crippen LogP contribution in [-0.4, -0.2) is 43.7 Å². The minimum absolute atomic E-state index is 0.0350. The molecule has 208 valence electrons. The van der Waals surface area contributed by atoms with Gasteiger partial charge in [0.25, 0.3) is 5.56 Å². The lowest BCUT2D eigenvalue weighted by Gasteiger charge is -2.28. The number of esters is 1. The van der Waals surface area contributed by atoms with E-state index in [1.165, 1.54) is 33.0 Å². The number of aryl methyl sites for hydroxylation is 2. The number of carbonyl (C=O) groups is 3. The highest BCUT2D eigenvalue weighted by Gasteiger charge is 2.33. The van der Waals surface area contributed by atoms with E-state index < -0.39 is 46.6 Å². The highest BCUT2D eigenvalue weighted by Crippen LogP contribution is 2.23. The van der Waals surface area contributed by atoms with Crippen molar-refractivity contribution in [2.75, 3.05) is 0 Å². The van der Waals surface area contributed by atoms with Gasteiger partial charge in [-0.1, -0.05) is 19.1 Å². The molecule has 0 aliphatic rings. The quantitative estimate of drug-likeness (QED) is 0.217. The van der Waals surface area contributed by atoms with E-state index in [1.54, 1.807) is 32.9 Å². The van der Waals surface area contributed by atoms with E-state index in [2.05, 4.69) is 20.5 Å². The van der Waals surface area contributed by atoms with Gasteiger partial charge in [0.1, 0.15) is 11.6 Å². The van der Waals surface area contributed by atoms with Crippen molar-refractivity contribution >= 4 is 17.7 Å². The molecule has 1 amide bonds. The summed E-state index contributed by atoms with van der Waals surface area (Å²) in [5.41, 5.74) is -1.63. The van der Waals surface area contributed by atoms with Gasteiger partial charge in [0.2, 0.25) is 17.9 Å². The summed E-state index contributed by atoms with van der Waals surface area (Å²) in [6, 6.07) is 5.66. The predicted octanol–water partition coefficient (Wildman–Crippen LogP) is 2.77. The van der Waals surface area contributed by atoms with Crippen molar-refractivity contribution in [3.8, 4) is 5.75 Å². The number of nitrogens with one attached hydrogen (secondary N) is 1. The second kappa shape index (κ2) is 12.0. The monoisotopic (exact) mass is 543 g/mol. The Morgan fingerprint density at radius 1 is 1.18 bits per heavy atom. The number of carbonyl (C=O) groups excluding carboxylic acids is 3. The molecule has 2 aromatic heterocycles. The fraction of sp³-hybridized carbons (Fsp3) is 0.423. The molecule has 2 heterocycles. The topological polar surface area (TPSA) is 156 Å². The van der Waals surface area contributed by atoms with E-state index in [-0.39, 0.29) is 42.6 Å². The maximum Gasteiger partial charge on any atom is 0.309 e. The average molecular weight is 544 g/mol. The molecule has 3 aromatic rings. The van der Waals surface area contributed by atoms with Crippen molar-refractivity contribution in [2.45, 2.75) is 65.7 Å². The number of benzene rings is 1. The lowest BCUT2D eigenvalue weighted by Crippen LogP contribution is -2.46. The first-order valence-corrected chi connectivity index (χ1v) is 12.2. The van der Waals surface area contributed by atoms with Crippen LogP contribution in [0.25, 0.3) is 0 Å². The third-order valence-electron chi connectivity index (χ3n) is 5.64. The molecule has 1 unspecified atom stereocenters. The van der Waals surface area contributed by atoms with Crippen LogP contribution in [0.3, 0.4) is 0 Å². The van der Waals surface area contributed by atoms with Crippen molar-refractivity contribution in [1.29, 1.82) is 0 Å². The number of hydrogen-bond donors (Lipinski definition) is 1. The van der Waals surface area contributed by atoms with Crippen LogP contribution in [0.1, 0.15) is 79.0 Å². The van der Waals surface area contributed by atoms with E-state index >= 15 is 0 Å². The summed E-state index contributed by atoms with van der Waals surface area (Å²) in [5.74, 6) is -2.69. The second-order valence-corrected chi connectivity index (χ2v) is 9.26. The number of rotatable bonds is 11. The van der Waals surface area contributed by atoms with Crippen LogP contribution in [-0.2, 0) is 28.5 Å². The summed E-state index contributed by atoms with van der Waals surface area (Å²) in [6.45, 7) is 7.69. The SMILES string of the molecule is CCC(=O)OC(C)Oc1c(C(=O)CCc2ccc(F)cc2)nc(C(C)(C)NC(=O)c2nnc(C)o2)n(C)c1=O. The zero-order chi connectivity index (χ0) is 28.9. The van der Waals surface area contributed by atoms with Crippen LogP contribution in [0.4, 0.5) is 4.39 Å². The molecule has 0 fully saturated rings. The Balaban J connectivity index is 2.00. The number of nitrogens with zero attached hydrogens (tertiary/aromatic N) is 4. The molecule has 0 spiro atoms. The van der Waals surface area contributed by atoms with Crippen molar-refractivity contribution < 1.29 is 32.7 Å². The van der Waals surface area contributed by atoms with Gasteiger partial charge in [-0.2, -0.15) is 0 Å². The van der Waals surface area contributed by atoms with E-state index in [0.29, 0.717) is 5.56 Å². The summed E-state index contributed by atoms with van der Waals surface area (Å²) in [5, 5.41) is 10.00. The lowest BCUT2D eigenvalue weighted by atomic mass is 10.0. The molecule has 1 aromatic carbocycles. The minimum Gasteiger partial charge on any atom is -0.447 e. The van der Waals surface area contributed by atoms with Gasteiger partial charge in [-0.15, -0.1) is 10.2 Å². The van der Waals surface area contributed by atoms with Gasteiger partial charge < -0.3 is 19.2 Å². The molecular weight excluding hydrogens is 513 g/mol. The predicted molar refractivity (Wildman–Crippen MR) is 135 cm³/mol. The molecule has 13 heteroatoms. The average Bonchev–Trinajstić information content (AvgIpc) is 3.32. The molecule has 1 atom stereocenters. The maximum atomic E-state index is 13.4. The molecular formula is C26H30FN5O7. The summed E-state index contributed by atoms with van der Waals surface area (Å²) in [4.78, 5) is 55.7. The normalized spacial score (nSPS) is 12.1. The first-order chi connectivity index (χ1) is 18.3. The number of amides is 1. The summed E-state index contributed by atoms with van der Waals surface area (Å²) < 4.78 is 30.3. The first-order valence-electron chi connectivity index (χ1n) is 12.2. The van der Waals surface area contributed by atoms with Gasteiger partial charge in [0, 0.05) is 33.7 Å². The number of hydrogen-bond acceptors (Lipinski definition) is 10. The summed E-state index contributed by atoms with van der Waals surface area (Å²) in [7, 11) is 1.40. The van der Waals surface area contributed by atoms with Crippen LogP contribution < -0.4 is 15.6 Å². The van der Waals surface area contributed by atoms with Gasteiger partial charge in [-0.05, 0) is 38.0 Å². The number of ether oxygens (including phenoxy) is 2. The first kappa shape index (κ1) is 29.1. The zero-order valence-corrected chi connectivity index (χ0v) is 22.5. The molecule has 3 rings (SSSR count). The number of ketones is 1. The molecule has 39 heavy (non-hydrogen) atoms. The Morgan fingerprint density at radius 2 is 1.85 bits per heavy atom. The summed E-state index contributed by atoms with van der Waals surface area (Å²) in [6.07, 6.45) is -0.949. The largest absolute Gasteiger partial charge is 0.447 e. The van der Waals surface area contributed by atoms with Crippen molar-refractivity contribution in [3.05, 3.63) is 69.3 Å². The van der Waals surface area contributed by atoms with Crippen molar-refractivity contribution in [2.24, 2.45) is 7.05 Å². The van der Waals surface area contributed by atoms with Gasteiger partial charge in [-0.3, -0.25) is 23.7 Å². The van der Waals surface area contributed by atoms with Crippen LogP contribution in [0, 0.1) is 12.7 Å². The third kappa shape index (κ3) is 7.12. The molecule has 0 saturated heterocycles. The minimum atomic E-state index is -1.29. The van der Waals surface area contributed by atoms with Crippen LogP contribution >= 0.6 is 0 Å². The van der Waals surface area contributed by atoms with Gasteiger partial charge in [0.15, 0.2) is 11.5 Å². The Bertz CT molecular complexity index is 1430. The second-order valence-electron chi connectivity index (χ2n) is 9.26. The van der Waals surface area contributed by atoms with E-state index in [0.717, 1.165) is 4.57 Å². The van der Waals surface area contributed by atoms with E-state index in [1.807, 2.05) is 0 Å². The fourth-order valence-electron chi connectivity index (χ4n) is 3.70. The van der Waals surface area contributed by atoms with Crippen molar-refractivity contribution in [3.63, 3.8) is 0 Å². The third-order valence-corrected chi connectivity index (χ3v) is 5.64. The Kier molecular flexibility index (Phi) is 8.94. The number of halogens is 1.